The van der Waals surface area contributed by atoms with E-state index in [-0.39, 0.29) is 17.2 Å². The van der Waals surface area contributed by atoms with Gasteiger partial charge in [0.05, 0.1) is 11.2 Å². The molecule has 1 saturated heterocycles. The maximum atomic E-state index is 11.9. The number of carboxylic acid groups (broad SMARTS) is 1. The second kappa shape index (κ2) is 5.36. The molecule has 0 bridgehead atoms. The Labute approximate surface area is 110 Å². The first-order valence-electron chi connectivity index (χ1n) is 6.12. The lowest BCUT2D eigenvalue weighted by Crippen LogP contribution is -2.40. The molecule has 1 fully saturated rings. The Morgan fingerprint density at radius 2 is 2.32 bits per heavy atom. The molecule has 0 spiro atoms. The molecule has 1 aromatic rings. The van der Waals surface area contributed by atoms with Gasteiger partial charge in [0.2, 0.25) is 0 Å². The summed E-state index contributed by atoms with van der Waals surface area (Å²) >= 11 is 0. The number of aromatic nitrogens is 1. The summed E-state index contributed by atoms with van der Waals surface area (Å²) in [6.45, 7) is 3.12. The topological polar surface area (TPSA) is 88.5 Å². The molecular weight excluding hydrogens is 248 g/mol. The van der Waals surface area contributed by atoms with E-state index < -0.39 is 5.97 Å². The molecule has 6 heteroatoms. The number of hydrogen-bond acceptors (Lipinski definition) is 4. The van der Waals surface area contributed by atoms with Gasteiger partial charge >= 0.3 is 5.97 Å². The van der Waals surface area contributed by atoms with E-state index in [0.717, 1.165) is 19.4 Å². The van der Waals surface area contributed by atoms with E-state index in [1.807, 2.05) is 6.92 Å². The fraction of sp³-hybridized carbons (Fsp3) is 0.462. The first-order valence-corrected chi connectivity index (χ1v) is 6.12. The second-order valence-corrected chi connectivity index (χ2v) is 4.82. The number of nitrogens with one attached hydrogen (secondary N) is 1. The van der Waals surface area contributed by atoms with E-state index in [2.05, 4.69) is 10.3 Å². The van der Waals surface area contributed by atoms with Gasteiger partial charge in [-0.05, 0) is 31.9 Å². The van der Waals surface area contributed by atoms with Gasteiger partial charge < -0.3 is 15.2 Å². The summed E-state index contributed by atoms with van der Waals surface area (Å²) in [5.41, 5.74) is -0.0429. The first kappa shape index (κ1) is 13.5. The summed E-state index contributed by atoms with van der Waals surface area (Å²) in [7, 11) is 0. The molecule has 0 aromatic carbocycles. The third-order valence-corrected chi connectivity index (χ3v) is 3.17. The van der Waals surface area contributed by atoms with Gasteiger partial charge in [-0.15, -0.1) is 0 Å². The average molecular weight is 264 g/mol. The van der Waals surface area contributed by atoms with Crippen molar-refractivity contribution in [2.45, 2.75) is 25.4 Å². The van der Waals surface area contributed by atoms with Crippen LogP contribution in [0.4, 0.5) is 0 Å². The lowest BCUT2D eigenvalue weighted by Gasteiger charge is -2.23. The fourth-order valence-corrected chi connectivity index (χ4v) is 2.00. The molecule has 1 unspecified atom stereocenters. The van der Waals surface area contributed by atoms with E-state index in [4.69, 9.17) is 9.84 Å². The molecule has 0 radical (unpaired) electrons. The van der Waals surface area contributed by atoms with Crippen LogP contribution in [0.3, 0.4) is 0 Å². The standard InChI is InChI=1S/C13H16N2O4/c1-13(5-2-6-19-13)8-15-11(16)9-3-4-10(12(17)18)14-7-9/h3-4,7H,2,5-6,8H2,1H3,(H,15,16)(H,17,18). The zero-order valence-corrected chi connectivity index (χ0v) is 10.7. The Kier molecular flexibility index (Phi) is 3.80. The lowest BCUT2D eigenvalue weighted by molar-refractivity contribution is 0.0206. The van der Waals surface area contributed by atoms with Crippen LogP contribution in [-0.2, 0) is 4.74 Å². The quantitative estimate of drug-likeness (QED) is 0.849. The third-order valence-electron chi connectivity index (χ3n) is 3.17. The molecule has 0 aliphatic carbocycles. The van der Waals surface area contributed by atoms with Gasteiger partial charge in [0.25, 0.3) is 5.91 Å². The van der Waals surface area contributed by atoms with Crippen LogP contribution in [-0.4, -0.2) is 40.7 Å². The molecule has 2 rings (SSSR count). The van der Waals surface area contributed by atoms with Crippen LogP contribution in [0, 0.1) is 0 Å². The van der Waals surface area contributed by atoms with Gasteiger partial charge in [0.15, 0.2) is 0 Å². The number of nitrogens with zero attached hydrogens (tertiary/aromatic N) is 1. The zero-order valence-electron chi connectivity index (χ0n) is 10.7. The molecule has 1 aliphatic heterocycles. The van der Waals surface area contributed by atoms with Crippen LogP contribution in [0.25, 0.3) is 0 Å². The predicted molar refractivity (Wildman–Crippen MR) is 67.1 cm³/mol. The van der Waals surface area contributed by atoms with Crippen LogP contribution < -0.4 is 5.32 Å². The van der Waals surface area contributed by atoms with E-state index in [1.165, 1.54) is 18.3 Å². The van der Waals surface area contributed by atoms with Crippen LogP contribution in [0.2, 0.25) is 0 Å². The van der Waals surface area contributed by atoms with Gasteiger partial charge in [-0.1, -0.05) is 0 Å². The number of carboxylic acids is 1. The van der Waals surface area contributed by atoms with Crippen molar-refractivity contribution in [3.63, 3.8) is 0 Å². The number of ether oxygens (including phenoxy) is 1. The number of hydrogen-bond donors (Lipinski definition) is 2. The van der Waals surface area contributed by atoms with Crippen molar-refractivity contribution in [2.24, 2.45) is 0 Å². The molecule has 0 saturated carbocycles. The summed E-state index contributed by atoms with van der Waals surface area (Å²) in [4.78, 5) is 26.2. The summed E-state index contributed by atoms with van der Waals surface area (Å²) in [6, 6.07) is 2.76. The van der Waals surface area contributed by atoms with Crippen molar-refractivity contribution < 1.29 is 19.4 Å². The fourth-order valence-electron chi connectivity index (χ4n) is 2.00. The highest BCUT2D eigenvalue weighted by Crippen LogP contribution is 2.23. The number of carbonyl (C=O) groups is 2. The molecule has 1 aliphatic rings. The molecular formula is C13H16N2O4. The monoisotopic (exact) mass is 264 g/mol. The van der Waals surface area contributed by atoms with Gasteiger partial charge in [-0.3, -0.25) is 4.79 Å². The average Bonchev–Trinajstić information content (AvgIpc) is 2.83. The highest BCUT2D eigenvalue weighted by atomic mass is 16.5. The van der Waals surface area contributed by atoms with Crippen molar-refractivity contribution in [3.05, 3.63) is 29.6 Å². The number of pyridine rings is 1. The van der Waals surface area contributed by atoms with Crippen molar-refractivity contribution in [3.8, 4) is 0 Å². The SMILES string of the molecule is CC1(CNC(=O)c2ccc(C(=O)O)nc2)CCCO1. The smallest absolute Gasteiger partial charge is 0.354 e. The highest BCUT2D eigenvalue weighted by Gasteiger charge is 2.30. The van der Waals surface area contributed by atoms with Crippen molar-refractivity contribution in [2.75, 3.05) is 13.2 Å². The van der Waals surface area contributed by atoms with E-state index in [1.54, 1.807) is 0 Å². The minimum atomic E-state index is -1.11. The molecule has 1 atom stereocenters. The van der Waals surface area contributed by atoms with Gasteiger partial charge in [-0.2, -0.15) is 0 Å². The Balaban J connectivity index is 1.94. The van der Waals surface area contributed by atoms with Crippen molar-refractivity contribution in [1.82, 2.24) is 10.3 Å². The van der Waals surface area contributed by atoms with E-state index >= 15 is 0 Å². The Hall–Kier alpha value is -1.95. The number of aromatic carboxylic acids is 1. The number of carbonyl (C=O) groups excluding carboxylic acids is 1. The number of rotatable bonds is 4. The third kappa shape index (κ3) is 3.29. The van der Waals surface area contributed by atoms with Crippen LogP contribution in [0.5, 0.6) is 0 Å². The summed E-state index contributed by atoms with van der Waals surface area (Å²) < 4.78 is 5.57. The molecule has 102 valence electrons. The zero-order chi connectivity index (χ0) is 13.9. The van der Waals surface area contributed by atoms with Crippen molar-refractivity contribution in [1.29, 1.82) is 0 Å². The van der Waals surface area contributed by atoms with Gasteiger partial charge in [0.1, 0.15) is 5.69 Å². The van der Waals surface area contributed by atoms with E-state index in [0.29, 0.717) is 12.1 Å². The Morgan fingerprint density at radius 1 is 1.53 bits per heavy atom. The first-order chi connectivity index (χ1) is 9.00. The maximum Gasteiger partial charge on any atom is 0.354 e. The summed E-state index contributed by atoms with van der Waals surface area (Å²) in [5.74, 6) is -1.39. The summed E-state index contributed by atoms with van der Waals surface area (Å²) in [6.07, 6.45) is 3.18. The van der Waals surface area contributed by atoms with Gasteiger partial charge in [0, 0.05) is 19.3 Å². The van der Waals surface area contributed by atoms with E-state index in [9.17, 15) is 9.59 Å². The highest BCUT2D eigenvalue weighted by molar-refractivity contribution is 5.94. The molecule has 1 aromatic heterocycles. The maximum absolute atomic E-state index is 11.9. The minimum absolute atomic E-state index is 0.0809. The largest absolute Gasteiger partial charge is 0.477 e. The predicted octanol–water partition coefficient (Wildman–Crippen LogP) is 1.08. The Bertz CT molecular complexity index is 478. The van der Waals surface area contributed by atoms with Crippen LogP contribution in [0.15, 0.2) is 18.3 Å². The van der Waals surface area contributed by atoms with Crippen LogP contribution >= 0.6 is 0 Å². The lowest BCUT2D eigenvalue weighted by atomic mass is 10.0. The minimum Gasteiger partial charge on any atom is -0.477 e. The molecule has 1 amide bonds. The van der Waals surface area contributed by atoms with Crippen LogP contribution in [0.1, 0.15) is 40.6 Å². The van der Waals surface area contributed by atoms with Crippen molar-refractivity contribution >= 4 is 11.9 Å². The second-order valence-electron chi connectivity index (χ2n) is 4.82. The molecule has 2 N–H and O–H groups in total. The van der Waals surface area contributed by atoms with Gasteiger partial charge in [-0.25, -0.2) is 9.78 Å². The normalized spacial score (nSPS) is 22.2. The summed E-state index contributed by atoms with van der Waals surface area (Å²) in [5, 5.41) is 11.5. The molecule has 2 heterocycles. The number of amides is 1. The Morgan fingerprint density at radius 3 is 2.84 bits per heavy atom. The molecule has 6 nitrogen and oxygen atoms in total. The molecule has 19 heavy (non-hydrogen) atoms.